The van der Waals surface area contributed by atoms with Crippen LogP contribution in [0.2, 0.25) is 0 Å². The number of rotatable bonds is 5. The van der Waals surface area contributed by atoms with E-state index in [0.717, 1.165) is 0 Å². The number of aliphatic hydroxyl groups is 1. The van der Waals surface area contributed by atoms with Gasteiger partial charge < -0.3 is 20.4 Å². The molecule has 84 valence electrons. The Balaban J connectivity index is 0. The van der Waals surface area contributed by atoms with Crippen LogP contribution in [0, 0.1) is 0 Å². The van der Waals surface area contributed by atoms with Crippen molar-refractivity contribution in [3.8, 4) is 0 Å². The monoisotopic (exact) mass is 298 g/mol. The molecule has 0 aromatic rings. The molecule has 0 aliphatic heterocycles. The van der Waals surface area contributed by atoms with Crippen LogP contribution >= 0.6 is 0 Å². The van der Waals surface area contributed by atoms with Gasteiger partial charge in [0, 0.05) is 0 Å². The average Bonchev–Trinajstić information content (AvgIpc) is 2.04. The normalized spacial score (nSPS) is 9.60. The summed E-state index contributed by atoms with van der Waals surface area (Å²) in [6.07, 6.45) is -2.29. The van der Waals surface area contributed by atoms with Gasteiger partial charge in [0.15, 0.2) is 5.60 Å². The first-order valence-corrected chi connectivity index (χ1v) is 4.38. The van der Waals surface area contributed by atoms with E-state index in [9.17, 15) is 14.4 Å². The molecule has 8 nitrogen and oxygen atoms in total. The Hall–Kier alpha value is -0.947. The van der Waals surface area contributed by atoms with Crippen molar-refractivity contribution in [3.63, 3.8) is 0 Å². The summed E-state index contributed by atoms with van der Waals surface area (Å²) in [6, 6.07) is 0. The van der Waals surface area contributed by atoms with Crippen molar-refractivity contribution in [1.82, 2.24) is 0 Å². The van der Waals surface area contributed by atoms with E-state index in [1.54, 1.807) is 0 Å². The topological polar surface area (TPSA) is 149 Å². The van der Waals surface area contributed by atoms with E-state index in [1.807, 2.05) is 0 Å². The molecule has 0 rings (SSSR count). The van der Waals surface area contributed by atoms with Crippen LogP contribution in [0.15, 0.2) is 0 Å². The van der Waals surface area contributed by atoms with Crippen LogP contribution in [0.1, 0.15) is 12.8 Å². The van der Waals surface area contributed by atoms with Crippen LogP contribution in [0.3, 0.4) is 0 Å². The van der Waals surface area contributed by atoms with Crippen molar-refractivity contribution in [2.45, 2.75) is 18.4 Å². The zero-order valence-corrected chi connectivity index (χ0v) is 9.79. The number of aliphatic carboxylic acids is 3. The first-order chi connectivity index (χ1) is 6.78. The molecule has 0 fully saturated rings. The van der Waals surface area contributed by atoms with E-state index in [2.05, 4.69) is 0 Å². The van der Waals surface area contributed by atoms with E-state index in [-0.39, 0.29) is 0 Å². The van der Waals surface area contributed by atoms with Gasteiger partial charge in [0.25, 0.3) is 0 Å². The fourth-order valence-corrected chi connectivity index (χ4v) is 0.714. The molecule has 0 aliphatic rings. The van der Waals surface area contributed by atoms with Crippen molar-refractivity contribution in [3.05, 3.63) is 0 Å². The molecule has 0 saturated heterocycles. The SMILES string of the molecule is O=C(O)CC(O)(CC(=O)O)C(=O)O.[O]=[Zr]. The Morgan fingerprint density at radius 1 is 0.933 bits per heavy atom. The van der Waals surface area contributed by atoms with Crippen LogP contribution in [0.5, 0.6) is 0 Å². The Labute approximate surface area is 98.8 Å². The maximum atomic E-state index is 10.3. The molecule has 0 heterocycles. The van der Waals surface area contributed by atoms with Gasteiger partial charge >= 0.3 is 45.4 Å². The minimum absolute atomic E-state index is 0.300. The molecule has 0 amide bonds. The van der Waals surface area contributed by atoms with Gasteiger partial charge in [-0.1, -0.05) is 0 Å². The van der Waals surface area contributed by atoms with Gasteiger partial charge in [0.05, 0.1) is 12.8 Å². The van der Waals surface area contributed by atoms with E-state index in [1.165, 1.54) is 0 Å². The summed E-state index contributed by atoms with van der Waals surface area (Å²) in [5.41, 5.74) is -2.74. The van der Waals surface area contributed by atoms with Crippen molar-refractivity contribution in [2.24, 2.45) is 0 Å². The molecule has 0 atom stereocenters. The molecule has 15 heavy (non-hydrogen) atoms. The van der Waals surface area contributed by atoms with Crippen LogP contribution in [0.4, 0.5) is 0 Å². The predicted octanol–water partition coefficient (Wildman–Crippen LogP) is -1.37. The second-order valence-corrected chi connectivity index (χ2v) is 2.48. The fraction of sp³-hybridized carbons (Fsp3) is 0.500. The molecule has 0 unspecified atom stereocenters. The summed E-state index contributed by atoms with van der Waals surface area (Å²) in [5.74, 6) is -5.02. The Kier molecular flexibility index (Phi) is 8.09. The van der Waals surface area contributed by atoms with Crippen molar-refractivity contribution in [2.75, 3.05) is 0 Å². The second kappa shape index (κ2) is 7.36. The van der Waals surface area contributed by atoms with Gasteiger partial charge in [0.1, 0.15) is 0 Å². The molecular weight excluding hydrogens is 291 g/mol. The zero-order chi connectivity index (χ0) is 12.6. The van der Waals surface area contributed by atoms with Gasteiger partial charge in [-0.05, 0) is 0 Å². The van der Waals surface area contributed by atoms with Crippen molar-refractivity contribution in [1.29, 1.82) is 0 Å². The molecule has 9 heteroatoms. The number of hydrogen-bond donors (Lipinski definition) is 4. The first-order valence-electron chi connectivity index (χ1n) is 3.38. The molecule has 0 bridgehead atoms. The summed E-state index contributed by atoms with van der Waals surface area (Å²) in [4.78, 5) is 30.5. The van der Waals surface area contributed by atoms with E-state index < -0.39 is 36.4 Å². The van der Waals surface area contributed by atoms with E-state index in [4.69, 9.17) is 23.2 Å². The van der Waals surface area contributed by atoms with Crippen LogP contribution in [-0.2, 0) is 41.9 Å². The number of hydrogen-bond acceptors (Lipinski definition) is 5. The van der Waals surface area contributed by atoms with Crippen LogP contribution < -0.4 is 0 Å². The summed E-state index contributed by atoms with van der Waals surface area (Å²) < 4.78 is 8.34. The van der Waals surface area contributed by atoms with Gasteiger partial charge in [-0.15, -0.1) is 0 Å². The first kappa shape index (κ1) is 16.5. The Morgan fingerprint density at radius 3 is 1.33 bits per heavy atom. The van der Waals surface area contributed by atoms with E-state index in [0.29, 0.717) is 24.7 Å². The van der Waals surface area contributed by atoms with E-state index >= 15 is 0 Å². The number of carboxylic acid groups (broad SMARTS) is 3. The van der Waals surface area contributed by atoms with Crippen LogP contribution in [0.25, 0.3) is 0 Å². The van der Waals surface area contributed by atoms with Crippen LogP contribution in [-0.4, -0.2) is 43.9 Å². The molecule has 0 saturated carbocycles. The Morgan fingerprint density at radius 2 is 1.20 bits per heavy atom. The van der Waals surface area contributed by atoms with Gasteiger partial charge in [0.2, 0.25) is 0 Å². The molecular formula is C6H8O8Zr. The van der Waals surface area contributed by atoms with Crippen molar-refractivity contribution < 1.29 is 62.3 Å². The fourth-order valence-electron chi connectivity index (χ4n) is 0.714. The summed E-state index contributed by atoms with van der Waals surface area (Å²) in [6.45, 7) is 0. The molecule has 0 spiro atoms. The van der Waals surface area contributed by atoms with Crippen molar-refractivity contribution >= 4 is 17.9 Å². The standard InChI is InChI=1S/C6H8O7.O.Zr/c7-3(8)1-6(13,5(11)12)2-4(9)10;;/h13H,1-2H2,(H,7,8)(H,9,10)(H,11,12);;. The minimum atomic E-state index is -2.74. The third-order valence-corrected chi connectivity index (χ3v) is 1.29. The molecule has 0 aromatic heterocycles. The third-order valence-electron chi connectivity index (χ3n) is 1.29. The summed E-state index contributed by atoms with van der Waals surface area (Å²) >= 11 is 0.300. The van der Waals surface area contributed by atoms with Gasteiger partial charge in [-0.25, -0.2) is 4.79 Å². The summed E-state index contributed by atoms with van der Waals surface area (Å²) in [7, 11) is 0. The average molecular weight is 299 g/mol. The third kappa shape index (κ3) is 7.04. The molecule has 0 aromatic carbocycles. The second-order valence-electron chi connectivity index (χ2n) is 2.48. The van der Waals surface area contributed by atoms with Gasteiger partial charge in [-0.3, -0.25) is 9.59 Å². The molecule has 4 N–H and O–H groups in total. The van der Waals surface area contributed by atoms with Gasteiger partial charge in [-0.2, -0.15) is 0 Å². The maximum absolute atomic E-state index is 10.3. The quantitative estimate of drug-likeness (QED) is 0.485. The zero-order valence-electron chi connectivity index (χ0n) is 7.34. The number of carboxylic acids is 3. The number of carbonyl (C=O) groups is 3. The Bertz CT molecular complexity index is 246. The molecule has 0 radical (unpaired) electrons. The predicted molar refractivity (Wildman–Crippen MR) is 37.8 cm³/mol. The molecule has 0 aliphatic carbocycles. The summed E-state index contributed by atoms with van der Waals surface area (Å²) in [5, 5.41) is 33.8.